The molecule has 0 saturated heterocycles. The number of nitro groups is 1. The van der Waals surface area contributed by atoms with Crippen molar-refractivity contribution in [2.75, 3.05) is 30.4 Å². The first-order chi connectivity index (χ1) is 12.5. The number of nitrogens with one attached hydrogen (secondary N) is 1. The average Bonchev–Trinajstić information content (AvgIpc) is 2.61. The van der Waals surface area contributed by atoms with Gasteiger partial charge in [0.25, 0.3) is 5.69 Å². The molecule has 2 aromatic carbocycles. The first kappa shape index (κ1) is 17.7. The topological polar surface area (TPSA) is 84.7 Å². The summed E-state index contributed by atoms with van der Waals surface area (Å²) >= 11 is 0. The van der Waals surface area contributed by atoms with Crippen LogP contribution in [0.1, 0.15) is 17.5 Å². The zero-order valence-electron chi connectivity index (χ0n) is 14.8. The minimum absolute atomic E-state index is 0.0973. The lowest BCUT2D eigenvalue weighted by atomic mass is 9.99. The number of non-ortho nitro benzene ring substituents is 1. The lowest BCUT2D eigenvalue weighted by Gasteiger charge is -2.31. The van der Waals surface area contributed by atoms with E-state index in [1.807, 2.05) is 17.0 Å². The molecule has 0 spiro atoms. The maximum atomic E-state index is 12.5. The first-order valence-corrected chi connectivity index (χ1v) is 8.44. The predicted molar refractivity (Wildman–Crippen MR) is 100.0 cm³/mol. The van der Waals surface area contributed by atoms with Gasteiger partial charge in [-0.05, 0) is 37.5 Å². The van der Waals surface area contributed by atoms with E-state index in [-0.39, 0.29) is 18.1 Å². The molecule has 7 nitrogen and oxygen atoms in total. The number of nitrogens with zero attached hydrogens (tertiary/aromatic N) is 2. The Labute approximate surface area is 151 Å². The number of rotatable bonds is 5. The Balaban J connectivity index is 1.76. The molecule has 136 valence electrons. The van der Waals surface area contributed by atoms with Crippen LogP contribution in [0.3, 0.4) is 0 Å². The molecule has 0 bridgehead atoms. The third kappa shape index (κ3) is 3.77. The van der Waals surface area contributed by atoms with Crippen molar-refractivity contribution in [2.45, 2.75) is 19.8 Å². The number of benzene rings is 2. The second-order valence-electron chi connectivity index (χ2n) is 6.35. The predicted octanol–water partition coefficient (Wildman–Crippen LogP) is 3.30. The Hall–Kier alpha value is -3.09. The van der Waals surface area contributed by atoms with Crippen molar-refractivity contribution in [3.63, 3.8) is 0 Å². The molecule has 0 atom stereocenters. The summed E-state index contributed by atoms with van der Waals surface area (Å²) in [7, 11) is 1.46. The van der Waals surface area contributed by atoms with Gasteiger partial charge >= 0.3 is 0 Å². The van der Waals surface area contributed by atoms with Crippen LogP contribution >= 0.6 is 0 Å². The fraction of sp³-hybridized carbons (Fsp3) is 0.316. The molecular formula is C19H21N3O4. The number of aryl methyl sites for hydroxylation is 2. The van der Waals surface area contributed by atoms with Crippen molar-refractivity contribution >= 4 is 23.0 Å². The zero-order chi connectivity index (χ0) is 18.7. The zero-order valence-corrected chi connectivity index (χ0v) is 14.8. The molecule has 1 amide bonds. The molecule has 0 aliphatic carbocycles. The Morgan fingerprint density at radius 2 is 2.12 bits per heavy atom. The van der Waals surface area contributed by atoms with E-state index in [1.54, 1.807) is 0 Å². The third-order valence-electron chi connectivity index (χ3n) is 4.45. The fourth-order valence-electron chi connectivity index (χ4n) is 3.24. The number of hydrogen-bond acceptors (Lipinski definition) is 5. The van der Waals surface area contributed by atoms with Crippen LogP contribution in [0.2, 0.25) is 0 Å². The molecule has 2 aromatic rings. The lowest BCUT2D eigenvalue weighted by Crippen LogP contribution is -2.36. The number of anilines is 2. The van der Waals surface area contributed by atoms with Crippen LogP contribution in [0.25, 0.3) is 0 Å². The van der Waals surface area contributed by atoms with Crippen molar-refractivity contribution < 1.29 is 14.5 Å². The maximum absolute atomic E-state index is 12.5. The van der Waals surface area contributed by atoms with Gasteiger partial charge in [0, 0.05) is 24.4 Å². The smallest absolute Gasteiger partial charge is 0.271 e. The molecular weight excluding hydrogens is 334 g/mol. The van der Waals surface area contributed by atoms with Crippen molar-refractivity contribution in [1.29, 1.82) is 0 Å². The van der Waals surface area contributed by atoms with Crippen LogP contribution in [-0.4, -0.2) is 31.0 Å². The number of nitro benzene ring substituents is 1. The van der Waals surface area contributed by atoms with Gasteiger partial charge in [0.15, 0.2) is 0 Å². The van der Waals surface area contributed by atoms with Gasteiger partial charge in [-0.3, -0.25) is 14.9 Å². The van der Waals surface area contributed by atoms with Gasteiger partial charge in [-0.2, -0.15) is 0 Å². The molecule has 1 N–H and O–H groups in total. The van der Waals surface area contributed by atoms with E-state index in [4.69, 9.17) is 4.74 Å². The molecule has 1 heterocycles. The molecule has 1 aliphatic rings. The summed E-state index contributed by atoms with van der Waals surface area (Å²) in [4.78, 5) is 25.0. The van der Waals surface area contributed by atoms with Crippen LogP contribution in [0.4, 0.5) is 17.1 Å². The van der Waals surface area contributed by atoms with Crippen LogP contribution in [-0.2, 0) is 11.2 Å². The summed E-state index contributed by atoms with van der Waals surface area (Å²) in [6.45, 7) is 3.04. The highest BCUT2D eigenvalue weighted by Crippen LogP contribution is 2.30. The number of carbonyl (C=O) groups is 1. The van der Waals surface area contributed by atoms with Gasteiger partial charge in [0.1, 0.15) is 5.75 Å². The van der Waals surface area contributed by atoms with E-state index < -0.39 is 4.92 Å². The SMILES string of the molecule is COc1ccc([N+](=O)[O-])cc1NC(=O)CN1CCCc2cc(C)ccc21. The summed E-state index contributed by atoms with van der Waals surface area (Å²) in [5.74, 6) is 0.149. The Bertz CT molecular complexity index is 851. The van der Waals surface area contributed by atoms with Gasteiger partial charge in [0.05, 0.1) is 24.3 Å². The highest BCUT2D eigenvalue weighted by Gasteiger charge is 2.20. The van der Waals surface area contributed by atoms with Crippen molar-refractivity contribution in [3.8, 4) is 5.75 Å². The van der Waals surface area contributed by atoms with E-state index in [0.717, 1.165) is 25.1 Å². The van der Waals surface area contributed by atoms with E-state index >= 15 is 0 Å². The average molecular weight is 355 g/mol. The molecule has 0 aromatic heterocycles. The van der Waals surface area contributed by atoms with E-state index in [0.29, 0.717) is 11.4 Å². The van der Waals surface area contributed by atoms with Gasteiger partial charge < -0.3 is 15.0 Å². The first-order valence-electron chi connectivity index (χ1n) is 8.44. The van der Waals surface area contributed by atoms with Crippen molar-refractivity contribution in [3.05, 3.63) is 57.6 Å². The normalized spacial score (nSPS) is 13.1. The van der Waals surface area contributed by atoms with Crippen LogP contribution in [0.5, 0.6) is 5.75 Å². The van der Waals surface area contributed by atoms with Gasteiger partial charge in [0.2, 0.25) is 5.91 Å². The number of hydrogen-bond donors (Lipinski definition) is 1. The summed E-state index contributed by atoms with van der Waals surface area (Å²) in [5, 5.41) is 13.7. The Kier molecular flexibility index (Phi) is 5.06. The Morgan fingerprint density at radius 3 is 2.85 bits per heavy atom. The number of ether oxygens (including phenoxy) is 1. The summed E-state index contributed by atoms with van der Waals surface area (Å²) in [5.41, 5.74) is 3.73. The highest BCUT2D eigenvalue weighted by atomic mass is 16.6. The molecule has 0 saturated carbocycles. The van der Waals surface area contributed by atoms with Gasteiger partial charge in [-0.1, -0.05) is 17.7 Å². The van der Waals surface area contributed by atoms with E-state index in [2.05, 4.69) is 18.3 Å². The summed E-state index contributed by atoms with van der Waals surface area (Å²) < 4.78 is 5.19. The highest BCUT2D eigenvalue weighted by molar-refractivity contribution is 5.96. The molecule has 3 rings (SSSR count). The van der Waals surface area contributed by atoms with Gasteiger partial charge in [-0.25, -0.2) is 0 Å². The summed E-state index contributed by atoms with van der Waals surface area (Å²) in [6.07, 6.45) is 2.00. The number of carbonyl (C=O) groups excluding carboxylic acids is 1. The number of methoxy groups -OCH3 is 1. The molecule has 0 radical (unpaired) electrons. The second kappa shape index (κ2) is 7.43. The van der Waals surface area contributed by atoms with Crippen molar-refractivity contribution in [2.24, 2.45) is 0 Å². The van der Waals surface area contributed by atoms with Crippen LogP contribution in [0.15, 0.2) is 36.4 Å². The van der Waals surface area contributed by atoms with Crippen LogP contribution in [0, 0.1) is 17.0 Å². The lowest BCUT2D eigenvalue weighted by molar-refractivity contribution is -0.384. The minimum Gasteiger partial charge on any atom is -0.495 e. The molecule has 7 heteroatoms. The molecule has 1 aliphatic heterocycles. The maximum Gasteiger partial charge on any atom is 0.271 e. The second-order valence-corrected chi connectivity index (χ2v) is 6.35. The summed E-state index contributed by atoms with van der Waals surface area (Å²) in [6, 6.07) is 10.4. The number of amides is 1. The fourth-order valence-corrected chi connectivity index (χ4v) is 3.24. The largest absolute Gasteiger partial charge is 0.495 e. The number of fused-ring (bicyclic) bond motifs is 1. The molecule has 0 fully saturated rings. The monoisotopic (exact) mass is 355 g/mol. The molecule has 0 unspecified atom stereocenters. The quantitative estimate of drug-likeness (QED) is 0.657. The molecule has 26 heavy (non-hydrogen) atoms. The Morgan fingerprint density at radius 1 is 1.31 bits per heavy atom. The van der Waals surface area contributed by atoms with Gasteiger partial charge in [-0.15, -0.1) is 0 Å². The van der Waals surface area contributed by atoms with E-state index in [1.165, 1.54) is 36.4 Å². The minimum atomic E-state index is -0.502. The van der Waals surface area contributed by atoms with Crippen LogP contribution < -0.4 is 15.0 Å². The van der Waals surface area contributed by atoms with E-state index in [9.17, 15) is 14.9 Å². The standard InChI is InChI=1S/C19H21N3O4/c1-13-5-7-17-14(10-13)4-3-9-21(17)12-19(23)20-16-11-15(22(24)25)6-8-18(16)26-2/h5-8,10-11H,3-4,9,12H2,1-2H3,(H,20,23). The third-order valence-corrected chi connectivity index (χ3v) is 4.45. The van der Waals surface area contributed by atoms with Crippen molar-refractivity contribution in [1.82, 2.24) is 0 Å².